The molecule has 0 fully saturated rings. The van der Waals surface area contributed by atoms with Gasteiger partial charge in [0.1, 0.15) is 5.82 Å². The van der Waals surface area contributed by atoms with E-state index in [1.165, 1.54) is 25.1 Å². The average Bonchev–Trinajstić information content (AvgIpc) is 3.08. The van der Waals surface area contributed by atoms with Crippen LogP contribution in [0.2, 0.25) is 0 Å². The predicted molar refractivity (Wildman–Crippen MR) is 94.8 cm³/mol. The molecule has 3 aromatic rings. The van der Waals surface area contributed by atoms with Gasteiger partial charge in [0.25, 0.3) is 0 Å². The Labute approximate surface area is 145 Å². The first-order chi connectivity index (χ1) is 12.1. The highest BCUT2D eigenvalue weighted by atomic mass is 19.1. The van der Waals surface area contributed by atoms with Crippen LogP contribution < -0.4 is 0 Å². The van der Waals surface area contributed by atoms with Gasteiger partial charge in [0.2, 0.25) is 0 Å². The number of hydrogen-bond acceptors (Lipinski definition) is 3. The van der Waals surface area contributed by atoms with E-state index in [1.54, 1.807) is 4.68 Å². The lowest BCUT2D eigenvalue weighted by Gasteiger charge is -2.09. The maximum atomic E-state index is 13.7. The van der Waals surface area contributed by atoms with Gasteiger partial charge in [0.05, 0.1) is 5.69 Å². The second-order valence-corrected chi connectivity index (χ2v) is 5.87. The third-order valence-corrected chi connectivity index (χ3v) is 4.02. The number of halogens is 1. The molecule has 128 valence electrons. The van der Waals surface area contributed by atoms with Crippen LogP contribution in [0.5, 0.6) is 0 Å². The molecule has 25 heavy (non-hydrogen) atoms. The van der Waals surface area contributed by atoms with Gasteiger partial charge in [-0.25, -0.2) is 4.39 Å². The topological polar surface area (TPSA) is 55.1 Å². The summed E-state index contributed by atoms with van der Waals surface area (Å²) < 4.78 is 15.5. The van der Waals surface area contributed by atoms with Crippen molar-refractivity contribution in [3.63, 3.8) is 0 Å². The molecule has 0 radical (unpaired) electrons. The molecule has 1 N–H and O–H groups in total. The lowest BCUT2D eigenvalue weighted by Crippen LogP contribution is -2.00. The Morgan fingerprint density at radius 1 is 1.16 bits per heavy atom. The maximum absolute atomic E-state index is 13.7. The van der Waals surface area contributed by atoms with Crippen LogP contribution in [0.1, 0.15) is 23.7 Å². The zero-order chi connectivity index (χ0) is 17.8. The van der Waals surface area contributed by atoms with Gasteiger partial charge < -0.3 is 5.11 Å². The van der Waals surface area contributed by atoms with Crippen LogP contribution in [0.15, 0.2) is 54.7 Å². The number of nitrogens with zero attached hydrogens (tertiary/aromatic N) is 2. The molecule has 0 aliphatic carbocycles. The summed E-state index contributed by atoms with van der Waals surface area (Å²) in [5, 5.41) is 13.4. The molecule has 0 spiro atoms. The molecule has 0 saturated heterocycles. The van der Waals surface area contributed by atoms with Crippen molar-refractivity contribution in [1.29, 1.82) is 0 Å². The van der Waals surface area contributed by atoms with Gasteiger partial charge in [0, 0.05) is 30.5 Å². The van der Waals surface area contributed by atoms with Crippen LogP contribution >= 0.6 is 0 Å². The molecule has 0 saturated carbocycles. The number of aryl methyl sites for hydroxylation is 1. The molecule has 4 nitrogen and oxygen atoms in total. The second kappa shape index (κ2) is 7.40. The van der Waals surface area contributed by atoms with E-state index in [9.17, 15) is 9.18 Å². The predicted octanol–water partition coefficient (Wildman–Crippen LogP) is 3.94. The molecule has 0 amide bonds. The Balaban J connectivity index is 1.99. The zero-order valence-corrected chi connectivity index (χ0v) is 13.9. The summed E-state index contributed by atoms with van der Waals surface area (Å²) in [4.78, 5) is 11.9. The van der Waals surface area contributed by atoms with Gasteiger partial charge in [-0.1, -0.05) is 18.2 Å². The van der Waals surface area contributed by atoms with Crippen LogP contribution in [0, 0.1) is 5.82 Å². The summed E-state index contributed by atoms with van der Waals surface area (Å²) >= 11 is 0. The van der Waals surface area contributed by atoms with Crippen molar-refractivity contribution in [2.24, 2.45) is 0 Å². The van der Waals surface area contributed by atoms with E-state index in [2.05, 4.69) is 5.10 Å². The van der Waals surface area contributed by atoms with E-state index < -0.39 is 0 Å². The van der Waals surface area contributed by atoms with E-state index in [0.717, 1.165) is 16.8 Å². The second-order valence-electron chi connectivity index (χ2n) is 5.87. The number of aromatic nitrogens is 2. The van der Waals surface area contributed by atoms with Gasteiger partial charge >= 0.3 is 0 Å². The minimum Gasteiger partial charge on any atom is -0.396 e. The normalized spacial score (nSPS) is 10.8. The quantitative estimate of drug-likeness (QED) is 0.693. The molecular weight excluding hydrogens is 319 g/mol. The summed E-state index contributed by atoms with van der Waals surface area (Å²) in [6.07, 6.45) is 2.51. The third kappa shape index (κ3) is 3.83. The van der Waals surface area contributed by atoms with Crippen LogP contribution in [0.25, 0.3) is 22.4 Å². The highest BCUT2D eigenvalue weighted by Gasteiger charge is 2.12. The Morgan fingerprint density at radius 2 is 1.96 bits per heavy atom. The number of aliphatic hydroxyl groups excluding tert-OH is 1. The number of carbonyl (C=O) groups excluding carboxylic acids is 1. The van der Waals surface area contributed by atoms with E-state index >= 15 is 0 Å². The highest BCUT2D eigenvalue weighted by molar-refractivity contribution is 6.01. The molecular formula is C20H19FN2O2. The summed E-state index contributed by atoms with van der Waals surface area (Å²) in [6.45, 7) is 2.25. The number of Topliss-reactive ketones (excluding diaryl/α,β-unsaturated/α-hetero) is 1. The molecule has 5 heteroatoms. The Kier molecular flexibility index (Phi) is 5.05. The number of ketones is 1. The summed E-state index contributed by atoms with van der Waals surface area (Å²) in [5.74, 6) is -0.479. The van der Waals surface area contributed by atoms with Crippen molar-refractivity contribution >= 4 is 5.78 Å². The number of benzene rings is 2. The van der Waals surface area contributed by atoms with E-state index in [4.69, 9.17) is 5.11 Å². The van der Waals surface area contributed by atoms with E-state index in [-0.39, 0.29) is 18.2 Å². The van der Waals surface area contributed by atoms with E-state index in [1.807, 2.05) is 36.5 Å². The van der Waals surface area contributed by atoms with Gasteiger partial charge in [-0.15, -0.1) is 0 Å². The first-order valence-electron chi connectivity index (χ1n) is 8.14. The van der Waals surface area contributed by atoms with Crippen LogP contribution in [-0.2, 0) is 6.54 Å². The SMILES string of the molecule is CC(=O)c1ccc(F)cc1-c1cccc(-c2ccn(CCCO)n2)c1. The largest absolute Gasteiger partial charge is 0.396 e. The van der Waals surface area contributed by atoms with Crippen LogP contribution in [0.3, 0.4) is 0 Å². The smallest absolute Gasteiger partial charge is 0.160 e. The average molecular weight is 338 g/mol. The fourth-order valence-electron chi connectivity index (χ4n) is 2.78. The van der Waals surface area contributed by atoms with Crippen LogP contribution in [0.4, 0.5) is 4.39 Å². The lowest BCUT2D eigenvalue weighted by atomic mass is 9.95. The van der Waals surface area contributed by atoms with Gasteiger partial charge in [-0.05, 0) is 54.8 Å². The Bertz CT molecular complexity index is 902. The summed E-state index contributed by atoms with van der Waals surface area (Å²) in [5.41, 5.74) is 3.52. The first-order valence-corrected chi connectivity index (χ1v) is 8.14. The summed E-state index contributed by atoms with van der Waals surface area (Å²) in [6, 6.07) is 13.6. The standard InChI is InChI=1S/C20H19FN2O2/c1-14(25)18-7-6-17(21)13-19(18)15-4-2-5-16(12-15)20-8-10-23(22-20)9-3-11-24/h2,4-8,10,12-13,24H,3,9,11H2,1H3. The van der Waals surface area contributed by atoms with Crippen molar-refractivity contribution in [3.05, 3.63) is 66.1 Å². The fraction of sp³-hybridized carbons (Fsp3) is 0.200. The Morgan fingerprint density at radius 3 is 2.72 bits per heavy atom. The summed E-state index contributed by atoms with van der Waals surface area (Å²) in [7, 11) is 0. The highest BCUT2D eigenvalue weighted by Crippen LogP contribution is 2.29. The molecule has 0 atom stereocenters. The molecule has 1 heterocycles. The molecule has 0 aliphatic rings. The fourth-order valence-corrected chi connectivity index (χ4v) is 2.78. The van der Waals surface area contributed by atoms with Gasteiger partial charge in [-0.2, -0.15) is 5.10 Å². The maximum Gasteiger partial charge on any atom is 0.160 e. The zero-order valence-electron chi connectivity index (χ0n) is 13.9. The number of carbonyl (C=O) groups is 1. The van der Waals surface area contributed by atoms with Crippen molar-refractivity contribution in [2.75, 3.05) is 6.61 Å². The lowest BCUT2D eigenvalue weighted by molar-refractivity contribution is 0.101. The number of aliphatic hydroxyl groups is 1. The van der Waals surface area contributed by atoms with Crippen molar-refractivity contribution in [2.45, 2.75) is 19.9 Å². The molecule has 0 aliphatic heterocycles. The van der Waals surface area contributed by atoms with Crippen molar-refractivity contribution < 1.29 is 14.3 Å². The Hall–Kier alpha value is -2.79. The van der Waals surface area contributed by atoms with Crippen molar-refractivity contribution in [1.82, 2.24) is 9.78 Å². The van der Waals surface area contributed by atoms with Gasteiger partial charge in [0.15, 0.2) is 5.78 Å². The molecule has 2 aromatic carbocycles. The third-order valence-electron chi connectivity index (χ3n) is 4.02. The molecule has 1 aromatic heterocycles. The molecule has 0 unspecified atom stereocenters. The minimum atomic E-state index is -0.376. The first kappa shape index (κ1) is 17.0. The minimum absolute atomic E-state index is 0.103. The van der Waals surface area contributed by atoms with E-state index in [0.29, 0.717) is 24.1 Å². The number of rotatable bonds is 6. The van der Waals surface area contributed by atoms with Crippen LogP contribution in [-0.4, -0.2) is 27.3 Å². The van der Waals surface area contributed by atoms with Gasteiger partial charge in [-0.3, -0.25) is 9.48 Å². The molecule has 0 bridgehead atoms. The van der Waals surface area contributed by atoms with Crippen molar-refractivity contribution in [3.8, 4) is 22.4 Å². The monoisotopic (exact) mass is 338 g/mol. The molecule has 3 rings (SSSR count). The number of hydrogen-bond donors (Lipinski definition) is 1.